The molecular weight excluding hydrogens is 358 g/mol. The highest BCUT2D eigenvalue weighted by Gasteiger charge is 2.47. The summed E-state index contributed by atoms with van der Waals surface area (Å²) in [6.07, 6.45) is 1.67. The molecular formula is C19H22F2N2O2S. The first-order chi connectivity index (χ1) is 12.4. The average Bonchev–Trinajstić information content (AvgIpc) is 3.11. The van der Waals surface area contributed by atoms with E-state index in [4.69, 9.17) is 5.26 Å². The highest BCUT2D eigenvalue weighted by Crippen LogP contribution is 2.44. The fourth-order valence-corrected chi connectivity index (χ4v) is 5.88. The van der Waals surface area contributed by atoms with Crippen LogP contribution >= 0.6 is 0 Å². The van der Waals surface area contributed by atoms with Gasteiger partial charge in [-0.1, -0.05) is 31.1 Å². The molecule has 0 bridgehead atoms. The molecule has 0 aromatic heterocycles. The van der Waals surface area contributed by atoms with Gasteiger partial charge in [0, 0.05) is 18.5 Å². The van der Waals surface area contributed by atoms with Crippen molar-refractivity contribution in [3.8, 4) is 6.07 Å². The zero-order chi connectivity index (χ0) is 18.8. The minimum atomic E-state index is -3.72. The number of benzene rings is 1. The Labute approximate surface area is 153 Å². The Hall–Kier alpha value is -1.78. The Bertz CT molecular complexity index is 820. The number of sulfonamides is 1. The lowest BCUT2D eigenvalue weighted by molar-refractivity contribution is 0.0135. The van der Waals surface area contributed by atoms with E-state index in [-0.39, 0.29) is 19.4 Å². The van der Waals surface area contributed by atoms with E-state index >= 15 is 0 Å². The molecule has 1 aliphatic carbocycles. The molecule has 1 aromatic carbocycles. The first-order valence-electron chi connectivity index (χ1n) is 8.82. The molecule has 0 N–H and O–H groups in total. The molecule has 0 saturated heterocycles. The van der Waals surface area contributed by atoms with Crippen LogP contribution in [-0.4, -0.2) is 38.0 Å². The quantitative estimate of drug-likeness (QED) is 0.781. The van der Waals surface area contributed by atoms with E-state index in [9.17, 15) is 17.2 Å². The van der Waals surface area contributed by atoms with Gasteiger partial charge in [0.25, 0.3) is 0 Å². The highest BCUT2D eigenvalue weighted by atomic mass is 32.2. The van der Waals surface area contributed by atoms with Gasteiger partial charge in [0.05, 0.1) is 17.4 Å². The van der Waals surface area contributed by atoms with Crippen LogP contribution in [0.3, 0.4) is 0 Å². The number of halogens is 2. The Morgan fingerprint density at radius 1 is 1.19 bits per heavy atom. The molecule has 1 aliphatic heterocycles. The summed E-state index contributed by atoms with van der Waals surface area (Å²) in [7, 11) is -3.72. The van der Waals surface area contributed by atoms with Gasteiger partial charge in [-0.25, -0.2) is 17.2 Å². The summed E-state index contributed by atoms with van der Waals surface area (Å²) in [6, 6.07) is 9.21. The number of alkyl halides is 2. The maximum atomic E-state index is 13.5. The van der Waals surface area contributed by atoms with Crippen LogP contribution in [0, 0.1) is 16.7 Å². The van der Waals surface area contributed by atoms with E-state index < -0.39 is 27.6 Å². The summed E-state index contributed by atoms with van der Waals surface area (Å²) in [6.45, 7) is 0.504. The molecule has 4 nitrogen and oxygen atoms in total. The van der Waals surface area contributed by atoms with Crippen LogP contribution in [0.25, 0.3) is 5.57 Å². The van der Waals surface area contributed by atoms with Crippen LogP contribution in [0.4, 0.5) is 8.78 Å². The predicted molar refractivity (Wildman–Crippen MR) is 96.0 cm³/mol. The van der Waals surface area contributed by atoms with E-state index in [1.165, 1.54) is 4.31 Å². The lowest BCUT2D eigenvalue weighted by Crippen LogP contribution is -2.43. The molecule has 2 aliphatic rings. The minimum absolute atomic E-state index is 0.205. The van der Waals surface area contributed by atoms with E-state index in [0.717, 1.165) is 11.1 Å². The fraction of sp³-hybridized carbons (Fsp3) is 0.526. The summed E-state index contributed by atoms with van der Waals surface area (Å²) in [5.74, 6) is -0.461. The number of nitrogens with zero attached hydrogens (tertiary/aromatic N) is 2. The normalized spacial score (nSPS) is 20.8. The van der Waals surface area contributed by atoms with Crippen LogP contribution < -0.4 is 0 Å². The second kappa shape index (κ2) is 7.45. The molecule has 1 saturated carbocycles. The molecule has 0 amide bonds. The zero-order valence-electron chi connectivity index (χ0n) is 14.5. The van der Waals surface area contributed by atoms with Gasteiger partial charge in [-0.05, 0) is 42.5 Å². The second-order valence-electron chi connectivity index (χ2n) is 7.15. The van der Waals surface area contributed by atoms with Crippen LogP contribution in [0.15, 0.2) is 30.3 Å². The third-order valence-corrected chi connectivity index (χ3v) is 7.54. The van der Waals surface area contributed by atoms with Gasteiger partial charge < -0.3 is 0 Å². The van der Waals surface area contributed by atoms with Crippen molar-refractivity contribution in [3.63, 3.8) is 0 Å². The molecule has 0 atom stereocenters. The average molecular weight is 380 g/mol. The molecule has 0 spiro atoms. The minimum Gasteiger partial charge on any atom is -0.212 e. The number of rotatable bonds is 5. The summed E-state index contributed by atoms with van der Waals surface area (Å²) in [5.41, 5.74) is 1.17. The third-order valence-electron chi connectivity index (χ3n) is 5.48. The second-order valence-corrected chi connectivity index (χ2v) is 9.12. The van der Waals surface area contributed by atoms with Crippen molar-refractivity contribution < 1.29 is 17.2 Å². The van der Waals surface area contributed by atoms with Crippen molar-refractivity contribution in [1.82, 2.24) is 4.31 Å². The first-order valence-corrected chi connectivity index (χ1v) is 10.4. The molecule has 140 valence electrons. The van der Waals surface area contributed by atoms with E-state index in [0.29, 0.717) is 31.4 Å². The maximum absolute atomic E-state index is 13.5. The summed E-state index contributed by atoms with van der Waals surface area (Å²) < 4.78 is 53.8. The van der Waals surface area contributed by atoms with Gasteiger partial charge in [-0.15, -0.1) is 0 Å². The summed E-state index contributed by atoms with van der Waals surface area (Å²) in [4.78, 5) is 0. The van der Waals surface area contributed by atoms with Gasteiger partial charge in [0.2, 0.25) is 16.4 Å². The third kappa shape index (κ3) is 3.81. The van der Waals surface area contributed by atoms with Crippen LogP contribution in [0.1, 0.15) is 43.2 Å². The lowest BCUT2D eigenvalue weighted by Gasteiger charge is -2.32. The molecule has 1 heterocycles. The number of hydrogen-bond donors (Lipinski definition) is 0. The van der Waals surface area contributed by atoms with Crippen molar-refractivity contribution >= 4 is 15.6 Å². The molecule has 0 unspecified atom stereocenters. The number of nitriles is 1. The Balaban J connectivity index is 1.71. The lowest BCUT2D eigenvalue weighted by atomic mass is 9.89. The van der Waals surface area contributed by atoms with Crippen molar-refractivity contribution in [2.75, 3.05) is 18.8 Å². The van der Waals surface area contributed by atoms with Gasteiger partial charge >= 0.3 is 0 Å². The largest absolute Gasteiger partial charge is 0.245 e. The Morgan fingerprint density at radius 2 is 1.85 bits per heavy atom. The molecule has 1 fully saturated rings. The Kier molecular flexibility index (Phi) is 5.44. The van der Waals surface area contributed by atoms with Gasteiger partial charge in [0.15, 0.2) is 0 Å². The fourth-order valence-electron chi connectivity index (χ4n) is 3.88. The monoisotopic (exact) mass is 380 g/mol. The summed E-state index contributed by atoms with van der Waals surface area (Å²) >= 11 is 0. The molecule has 7 heteroatoms. The molecule has 3 rings (SSSR count). The predicted octanol–water partition coefficient (Wildman–Crippen LogP) is 3.80. The van der Waals surface area contributed by atoms with E-state index in [2.05, 4.69) is 6.07 Å². The van der Waals surface area contributed by atoms with E-state index in [1.807, 2.05) is 18.2 Å². The standard InChI is InChI=1S/C19H22F2N2O2S/c20-18(21)19(9-1-2-10-19)14-26(24,25)23-11-7-17(8-12-23)16-5-3-15(13-22)4-6-16/h3-7,18H,1-2,8-12,14H2. The Morgan fingerprint density at radius 3 is 2.35 bits per heavy atom. The first kappa shape index (κ1) is 19.0. The highest BCUT2D eigenvalue weighted by molar-refractivity contribution is 7.89. The van der Waals surface area contributed by atoms with Gasteiger partial charge in [-0.3, -0.25) is 0 Å². The van der Waals surface area contributed by atoms with Crippen molar-refractivity contribution in [3.05, 3.63) is 41.5 Å². The maximum Gasteiger partial charge on any atom is 0.245 e. The summed E-state index contributed by atoms with van der Waals surface area (Å²) in [5, 5.41) is 8.85. The van der Waals surface area contributed by atoms with Crippen molar-refractivity contribution in [2.24, 2.45) is 5.41 Å². The van der Waals surface area contributed by atoms with E-state index in [1.54, 1.807) is 12.1 Å². The van der Waals surface area contributed by atoms with Crippen LogP contribution in [0.2, 0.25) is 0 Å². The molecule has 26 heavy (non-hydrogen) atoms. The van der Waals surface area contributed by atoms with Gasteiger partial charge in [-0.2, -0.15) is 9.57 Å². The SMILES string of the molecule is N#Cc1ccc(C2=CCN(S(=O)(=O)CC3(C(F)F)CCCC3)CC2)cc1. The molecule has 1 aromatic rings. The van der Waals surface area contributed by atoms with Crippen molar-refractivity contribution in [1.29, 1.82) is 5.26 Å². The number of hydrogen-bond acceptors (Lipinski definition) is 3. The van der Waals surface area contributed by atoms with Gasteiger partial charge in [0.1, 0.15) is 0 Å². The van der Waals surface area contributed by atoms with Crippen LogP contribution in [-0.2, 0) is 10.0 Å². The zero-order valence-corrected chi connectivity index (χ0v) is 15.3. The topological polar surface area (TPSA) is 61.2 Å². The smallest absolute Gasteiger partial charge is 0.212 e. The van der Waals surface area contributed by atoms with Crippen LogP contribution in [0.5, 0.6) is 0 Å². The molecule has 0 radical (unpaired) electrons. The van der Waals surface area contributed by atoms with Crippen molar-refractivity contribution in [2.45, 2.75) is 38.5 Å².